The molecule has 31 heavy (non-hydrogen) atoms. The quantitative estimate of drug-likeness (QED) is 0.480. The first-order chi connectivity index (χ1) is 15.0. The second-order valence-corrected chi connectivity index (χ2v) is 8.30. The first-order valence-corrected chi connectivity index (χ1v) is 11.2. The lowest BCUT2D eigenvalue weighted by atomic mass is 9.78. The number of carbonyl (C=O) groups excluding carboxylic acids is 1. The summed E-state index contributed by atoms with van der Waals surface area (Å²) in [6.45, 7) is 4.20. The summed E-state index contributed by atoms with van der Waals surface area (Å²) in [6, 6.07) is 10.6. The fourth-order valence-electron chi connectivity index (χ4n) is 4.44. The smallest absolute Gasteiger partial charge is 0.228 e. The monoisotopic (exact) mass is 422 g/mol. The molecule has 2 aromatic carbocycles. The molecule has 1 aliphatic carbocycles. The van der Waals surface area contributed by atoms with Crippen molar-refractivity contribution in [1.29, 1.82) is 0 Å². The molecule has 0 aromatic heterocycles. The molecule has 2 aliphatic rings. The Bertz CT molecular complexity index is 995. The van der Waals surface area contributed by atoms with Gasteiger partial charge in [-0.2, -0.15) is 0 Å². The van der Waals surface area contributed by atoms with E-state index >= 15 is 0 Å². The summed E-state index contributed by atoms with van der Waals surface area (Å²) in [5.41, 5.74) is 2.56. The molecule has 0 saturated carbocycles. The Labute approximate surface area is 183 Å². The second kappa shape index (κ2) is 8.95. The molecule has 2 N–H and O–H groups in total. The number of fused-ring (bicyclic) bond motifs is 2. The molecule has 164 valence electrons. The SMILES string of the molecule is CCCCCC(O)/C=C/C1Oc2c(CCC)ccc3c2C(O)(O1)c1ccccc1C3=O. The van der Waals surface area contributed by atoms with E-state index in [4.69, 9.17) is 9.47 Å². The van der Waals surface area contributed by atoms with Gasteiger partial charge in [-0.15, -0.1) is 0 Å². The third-order valence-electron chi connectivity index (χ3n) is 5.99. The minimum absolute atomic E-state index is 0.146. The Balaban J connectivity index is 1.74. The normalized spacial score (nSPS) is 22.7. The van der Waals surface area contributed by atoms with Crippen molar-refractivity contribution < 1.29 is 24.5 Å². The number of hydrogen-bond acceptors (Lipinski definition) is 5. The first kappa shape index (κ1) is 21.8. The molecule has 0 fully saturated rings. The van der Waals surface area contributed by atoms with Crippen molar-refractivity contribution in [2.45, 2.75) is 70.6 Å². The number of aryl methyl sites for hydroxylation is 1. The number of carbonyl (C=O) groups is 1. The van der Waals surface area contributed by atoms with Crippen molar-refractivity contribution >= 4 is 5.78 Å². The fourth-order valence-corrected chi connectivity index (χ4v) is 4.44. The van der Waals surface area contributed by atoms with Gasteiger partial charge in [0.1, 0.15) is 5.75 Å². The number of unbranched alkanes of at least 4 members (excludes halogenated alkanes) is 2. The van der Waals surface area contributed by atoms with Gasteiger partial charge in [0.15, 0.2) is 5.78 Å². The third-order valence-corrected chi connectivity index (χ3v) is 5.99. The van der Waals surface area contributed by atoms with Crippen LogP contribution in [0.2, 0.25) is 0 Å². The average molecular weight is 423 g/mol. The van der Waals surface area contributed by atoms with Crippen molar-refractivity contribution in [1.82, 2.24) is 0 Å². The zero-order valence-electron chi connectivity index (χ0n) is 18.1. The summed E-state index contributed by atoms with van der Waals surface area (Å²) < 4.78 is 12.2. The van der Waals surface area contributed by atoms with E-state index in [9.17, 15) is 15.0 Å². The minimum Gasteiger partial charge on any atom is -0.460 e. The summed E-state index contributed by atoms with van der Waals surface area (Å²) >= 11 is 0. The van der Waals surface area contributed by atoms with Crippen LogP contribution in [0, 0.1) is 0 Å². The minimum atomic E-state index is -1.79. The number of aliphatic hydroxyl groups is 2. The highest BCUT2D eigenvalue weighted by Crippen LogP contribution is 2.50. The van der Waals surface area contributed by atoms with Crippen LogP contribution in [0.4, 0.5) is 0 Å². The largest absolute Gasteiger partial charge is 0.460 e. The molecule has 1 aliphatic heterocycles. The van der Waals surface area contributed by atoms with Crippen LogP contribution in [0.5, 0.6) is 5.75 Å². The molecule has 1 heterocycles. The predicted molar refractivity (Wildman–Crippen MR) is 118 cm³/mol. The van der Waals surface area contributed by atoms with Crippen molar-refractivity contribution in [2.24, 2.45) is 0 Å². The van der Waals surface area contributed by atoms with Crippen LogP contribution in [0.3, 0.4) is 0 Å². The van der Waals surface area contributed by atoms with Gasteiger partial charge in [-0.3, -0.25) is 9.53 Å². The van der Waals surface area contributed by atoms with Crippen LogP contribution in [-0.4, -0.2) is 28.4 Å². The lowest BCUT2D eigenvalue weighted by Gasteiger charge is -2.42. The highest BCUT2D eigenvalue weighted by atomic mass is 16.7. The van der Waals surface area contributed by atoms with Crippen LogP contribution >= 0.6 is 0 Å². The van der Waals surface area contributed by atoms with Crippen molar-refractivity contribution in [2.75, 3.05) is 0 Å². The third kappa shape index (κ3) is 3.93. The number of benzene rings is 2. The molecule has 0 spiro atoms. The zero-order chi connectivity index (χ0) is 22.0. The molecule has 3 atom stereocenters. The van der Waals surface area contributed by atoms with Gasteiger partial charge >= 0.3 is 0 Å². The Morgan fingerprint density at radius 3 is 2.68 bits per heavy atom. The molecular weight excluding hydrogens is 392 g/mol. The maximum Gasteiger partial charge on any atom is 0.228 e. The summed E-state index contributed by atoms with van der Waals surface area (Å²) in [7, 11) is 0. The van der Waals surface area contributed by atoms with Crippen molar-refractivity contribution in [3.05, 3.63) is 76.4 Å². The van der Waals surface area contributed by atoms with Gasteiger partial charge in [-0.25, -0.2) is 0 Å². The van der Waals surface area contributed by atoms with E-state index in [-0.39, 0.29) is 5.78 Å². The number of ketones is 1. The summed E-state index contributed by atoms with van der Waals surface area (Å²) in [6.07, 6.45) is 7.26. The van der Waals surface area contributed by atoms with Gasteiger partial charge in [0.05, 0.1) is 11.7 Å². The predicted octanol–water partition coefficient (Wildman–Crippen LogP) is 4.61. The molecular formula is C26H30O5. The van der Waals surface area contributed by atoms with Gasteiger partial charge in [0.2, 0.25) is 12.1 Å². The van der Waals surface area contributed by atoms with E-state index in [0.29, 0.717) is 34.4 Å². The molecule has 0 radical (unpaired) electrons. The standard InChI is InChI=1S/C26H30O5/c1-3-5-6-10-18(27)14-16-22-30-25-17(9-4-2)13-15-20-23(25)26(29,31-22)21-12-8-7-11-19(21)24(20)28/h7-8,11-16,18,22,27,29H,3-6,9-10H2,1-2H3/b16-14+. The van der Waals surface area contributed by atoms with Crippen LogP contribution in [0.1, 0.15) is 78.6 Å². The van der Waals surface area contributed by atoms with Crippen LogP contribution in [-0.2, 0) is 16.9 Å². The van der Waals surface area contributed by atoms with E-state index in [0.717, 1.165) is 37.7 Å². The topological polar surface area (TPSA) is 76.0 Å². The Morgan fingerprint density at radius 2 is 1.90 bits per heavy atom. The van der Waals surface area contributed by atoms with E-state index in [1.165, 1.54) is 0 Å². The molecule has 5 heteroatoms. The molecule has 0 saturated heterocycles. The molecule has 4 rings (SSSR count). The lowest BCUT2D eigenvalue weighted by Crippen LogP contribution is -2.46. The second-order valence-electron chi connectivity index (χ2n) is 8.30. The zero-order valence-corrected chi connectivity index (χ0v) is 18.1. The summed E-state index contributed by atoms with van der Waals surface area (Å²) in [5.74, 6) is -1.43. The van der Waals surface area contributed by atoms with Gasteiger partial charge < -0.3 is 14.9 Å². The highest BCUT2D eigenvalue weighted by Gasteiger charge is 2.50. The Morgan fingerprint density at radius 1 is 1.10 bits per heavy atom. The fraction of sp³-hybridized carbons (Fsp3) is 0.423. The first-order valence-electron chi connectivity index (χ1n) is 11.2. The van der Waals surface area contributed by atoms with Gasteiger partial charge in [-0.1, -0.05) is 75.9 Å². The van der Waals surface area contributed by atoms with E-state index in [1.807, 2.05) is 6.07 Å². The molecule has 3 unspecified atom stereocenters. The Hall–Kier alpha value is -2.47. The van der Waals surface area contributed by atoms with Crippen LogP contribution in [0.25, 0.3) is 0 Å². The number of hydrogen-bond donors (Lipinski definition) is 2. The van der Waals surface area contributed by atoms with Crippen molar-refractivity contribution in [3.63, 3.8) is 0 Å². The maximum atomic E-state index is 13.1. The van der Waals surface area contributed by atoms with E-state index < -0.39 is 18.2 Å². The van der Waals surface area contributed by atoms with Crippen molar-refractivity contribution in [3.8, 4) is 5.75 Å². The van der Waals surface area contributed by atoms with Crippen LogP contribution in [0.15, 0.2) is 48.6 Å². The summed E-state index contributed by atoms with van der Waals surface area (Å²) in [4.78, 5) is 13.1. The Kier molecular flexibility index (Phi) is 6.28. The summed E-state index contributed by atoms with van der Waals surface area (Å²) in [5, 5.41) is 22.1. The van der Waals surface area contributed by atoms with Gasteiger partial charge in [-0.05, 0) is 30.5 Å². The maximum absolute atomic E-state index is 13.1. The van der Waals surface area contributed by atoms with Gasteiger partial charge in [0, 0.05) is 16.7 Å². The number of aliphatic hydroxyl groups excluding tert-OH is 1. The van der Waals surface area contributed by atoms with Gasteiger partial charge in [0.25, 0.3) is 0 Å². The molecule has 0 amide bonds. The number of rotatable bonds is 8. The van der Waals surface area contributed by atoms with E-state index in [2.05, 4.69) is 13.8 Å². The molecule has 5 nitrogen and oxygen atoms in total. The molecule has 2 aromatic rings. The lowest BCUT2D eigenvalue weighted by molar-refractivity contribution is -0.257. The highest BCUT2D eigenvalue weighted by molar-refractivity contribution is 6.13. The van der Waals surface area contributed by atoms with E-state index in [1.54, 1.807) is 42.5 Å². The molecule has 0 bridgehead atoms. The average Bonchev–Trinajstić information content (AvgIpc) is 2.77. The number of ether oxygens (including phenoxy) is 2. The van der Waals surface area contributed by atoms with Crippen LogP contribution < -0.4 is 4.74 Å².